The van der Waals surface area contributed by atoms with Crippen molar-refractivity contribution < 1.29 is 4.79 Å². The van der Waals surface area contributed by atoms with Crippen LogP contribution in [0.15, 0.2) is 48.5 Å². The molecule has 86 valence electrons. The fourth-order valence-corrected chi connectivity index (χ4v) is 3.12. The van der Waals surface area contributed by atoms with Crippen molar-refractivity contribution in [1.29, 1.82) is 0 Å². The SMILES string of the molecule is CC1C(=O)c2cc3ccccc3c3cccc1c23. The highest BCUT2D eigenvalue weighted by Gasteiger charge is 2.29. The van der Waals surface area contributed by atoms with E-state index in [4.69, 9.17) is 0 Å². The molecule has 1 aliphatic rings. The lowest BCUT2D eigenvalue weighted by atomic mass is 9.97. The van der Waals surface area contributed by atoms with Crippen LogP contribution >= 0.6 is 0 Å². The number of hydrogen-bond donors (Lipinski definition) is 0. The van der Waals surface area contributed by atoms with Crippen LogP contribution in [0.3, 0.4) is 0 Å². The Hall–Kier alpha value is -2.15. The smallest absolute Gasteiger partial charge is 0.170 e. The number of hydrogen-bond acceptors (Lipinski definition) is 1. The zero-order chi connectivity index (χ0) is 12.3. The Bertz CT molecular complexity index is 814. The number of carbonyl (C=O) groups excluding carboxylic acids is 1. The fourth-order valence-electron chi connectivity index (χ4n) is 3.12. The molecule has 4 rings (SSSR count). The molecule has 1 nitrogen and oxygen atoms in total. The van der Waals surface area contributed by atoms with Crippen molar-refractivity contribution in [3.63, 3.8) is 0 Å². The maximum Gasteiger partial charge on any atom is 0.170 e. The molecule has 1 aliphatic carbocycles. The van der Waals surface area contributed by atoms with Crippen LogP contribution in [0.5, 0.6) is 0 Å². The van der Waals surface area contributed by atoms with Gasteiger partial charge in [-0.05, 0) is 33.2 Å². The molecule has 1 unspecified atom stereocenters. The summed E-state index contributed by atoms with van der Waals surface area (Å²) in [4.78, 5) is 12.3. The van der Waals surface area contributed by atoms with Crippen LogP contribution in [0.25, 0.3) is 21.5 Å². The van der Waals surface area contributed by atoms with E-state index in [9.17, 15) is 4.79 Å². The van der Waals surface area contributed by atoms with Gasteiger partial charge in [0.25, 0.3) is 0 Å². The summed E-state index contributed by atoms with van der Waals surface area (Å²) in [5.74, 6) is 0.257. The Balaban J connectivity index is 2.33. The zero-order valence-electron chi connectivity index (χ0n) is 10.1. The van der Waals surface area contributed by atoms with Crippen LogP contribution in [0.2, 0.25) is 0 Å². The lowest BCUT2D eigenvalue weighted by Gasteiger charge is -2.06. The second-order valence-electron chi connectivity index (χ2n) is 5.00. The molecule has 0 heterocycles. The van der Waals surface area contributed by atoms with E-state index in [2.05, 4.69) is 36.4 Å². The van der Waals surface area contributed by atoms with E-state index < -0.39 is 0 Å². The highest BCUT2D eigenvalue weighted by Crippen LogP contribution is 2.41. The van der Waals surface area contributed by atoms with Crippen LogP contribution in [-0.2, 0) is 0 Å². The molecular formula is C17H12O. The normalized spacial score (nSPS) is 17.8. The highest BCUT2D eigenvalue weighted by atomic mass is 16.1. The maximum absolute atomic E-state index is 12.3. The summed E-state index contributed by atoms with van der Waals surface area (Å²) in [5, 5.41) is 4.76. The summed E-state index contributed by atoms with van der Waals surface area (Å²) < 4.78 is 0. The molecule has 1 atom stereocenters. The van der Waals surface area contributed by atoms with E-state index in [1.54, 1.807) is 0 Å². The highest BCUT2D eigenvalue weighted by molar-refractivity contribution is 6.24. The first-order valence-electron chi connectivity index (χ1n) is 6.26. The predicted molar refractivity (Wildman–Crippen MR) is 74.2 cm³/mol. The predicted octanol–water partition coefficient (Wildman–Crippen LogP) is 4.29. The molecule has 0 saturated heterocycles. The third kappa shape index (κ3) is 1.04. The summed E-state index contributed by atoms with van der Waals surface area (Å²) in [5.41, 5.74) is 2.07. The number of fused-ring (bicyclic) bond motifs is 2. The van der Waals surface area contributed by atoms with Gasteiger partial charge in [0, 0.05) is 11.5 Å². The number of rotatable bonds is 0. The summed E-state index contributed by atoms with van der Waals surface area (Å²) >= 11 is 0. The molecule has 0 aliphatic heterocycles. The first kappa shape index (κ1) is 9.84. The molecule has 0 aromatic heterocycles. The van der Waals surface area contributed by atoms with Crippen molar-refractivity contribution in [1.82, 2.24) is 0 Å². The van der Waals surface area contributed by atoms with Gasteiger partial charge in [-0.1, -0.05) is 49.4 Å². The third-order valence-electron chi connectivity index (χ3n) is 4.04. The van der Waals surface area contributed by atoms with Crippen LogP contribution in [0.1, 0.15) is 28.8 Å². The van der Waals surface area contributed by atoms with E-state index in [0.29, 0.717) is 0 Å². The molecule has 0 spiro atoms. The fraction of sp³-hybridized carbons (Fsp3) is 0.118. The molecule has 0 N–H and O–H groups in total. The third-order valence-corrected chi connectivity index (χ3v) is 4.04. The molecule has 3 aromatic carbocycles. The van der Waals surface area contributed by atoms with Gasteiger partial charge in [-0.25, -0.2) is 0 Å². The summed E-state index contributed by atoms with van der Waals surface area (Å²) in [7, 11) is 0. The summed E-state index contributed by atoms with van der Waals surface area (Å²) in [6.07, 6.45) is 0. The lowest BCUT2D eigenvalue weighted by molar-refractivity contribution is 0.0974. The minimum atomic E-state index is 0.000474. The molecule has 18 heavy (non-hydrogen) atoms. The Labute approximate surface area is 105 Å². The standard InChI is InChI=1S/C17H12O/c1-10-12-7-4-8-14-13-6-3-2-5-11(13)9-15(16(12)14)17(10)18/h2-10H,1H3. The van der Waals surface area contributed by atoms with Crippen LogP contribution < -0.4 is 0 Å². The minimum absolute atomic E-state index is 0.000474. The van der Waals surface area contributed by atoms with Gasteiger partial charge >= 0.3 is 0 Å². The zero-order valence-corrected chi connectivity index (χ0v) is 10.1. The van der Waals surface area contributed by atoms with Gasteiger partial charge < -0.3 is 0 Å². The molecule has 0 amide bonds. The second-order valence-corrected chi connectivity index (χ2v) is 5.00. The van der Waals surface area contributed by atoms with E-state index >= 15 is 0 Å². The van der Waals surface area contributed by atoms with Gasteiger partial charge in [0.1, 0.15) is 0 Å². The first-order valence-corrected chi connectivity index (χ1v) is 6.26. The van der Waals surface area contributed by atoms with Crippen molar-refractivity contribution in [2.75, 3.05) is 0 Å². The lowest BCUT2D eigenvalue weighted by Crippen LogP contribution is -2.00. The van der Waals surface area contributed by atoms with E-state index in [0.717, 1.165) is 16.3 Å². The molecule has 0 saturated carbocycles. The Morgan fingerprint density at radius 3 is 2.61 bits per heavy atom. The monoisotopic (exact) mass is 232 g/mol. The van der Waals surface area contributed by atoms with Gasteiger partial charge in [-0.3, -0.25) is 4.79 Å². The summed E-state index contributed by atoms with van der Waals surface area (Å²) in [6, 6.07) is 16.6. The average molecular weight is 232 g/mol. The molecule has 0 fully saturated rings. The van der Waals surface area contributed by atoms with Crippen LogP contribution in [0.4, 0.5) is 0 Å². The van der Waals surface area contributed by atoms with Gasteiger partial charge in [-0.15, -0.1) is 0 Å². The minimum Gasteiger partial charge on any atom is -0.293 e. The van der Waals surface area contributed by atoms with Crippen molar-refractivity contribution in [2.24, 2.45) is 0 Å². The molecular weight excluding hydrogens is 220 g/mol. The number of Topliss-reactive ketones (excluding diaryl/α,β-unsaturated/α-hetero) is 1. The maximum atomic E-state index is 12.3. The Morgan fingerprint density at radius 2 is 1.72 bits per heavy atom. The Kier molecular flexibility index (Phi) is 1.75. The Morgan fingerprint density at radius 1 is 0.944 bits per heavy atom. The second kappa shape index (κ2) is 3.20. The van der Waals surface area contributed by atoms with E-state index in [-0.39, 0.29) is 11.7 Å². The van der Waals surface area contributed by atoms with Gasteiger partial charge in [0.2, 0.25) is 0 Å². The van der Waals surface area contributed by atoms with Crippen LogP contribution in [0, 0.1) is 0 Å². The van der Waals surface area contributed by atoms with E-state index in [1.807, 2.05) is 19.1 Å². The number of ketones is 1. The van der Waals surface area contributed by atoms with Crippen molar-refractivity contribution >= 4 is 27.3 Å². The molecule has 1 heteroatoms. The first-order chi connectivity index (χ1) is 8.77. The van der Waals surface area contributed by atoms with E-state index in [1.165, 1.54) is 16.3 Å². The number of carbonyl (C=O) groups is 1. The average Bonchev–Trinajstić information content (AvgIpc) is 2.66. The summed E-state index contributed by atoms with van der Waals surface area (Å²) in [6.45, 7) is 2.00. The topological polar surface area (TPSA) is 17.1 Å². The van der Waals surface area contributed by atoms with Crippen LogP contribution in [-0.4, -0.2) is 5.78 Å². The van der Waals surface area contributed by atoms with Gasteiger partial charge in [0.15, 0.2) is 5.78 Å². The largest absolute Gasteiger partial charge is 0.293 e. The molecule has 0 bridgehead atoms. The number of benzene rings is 3. The quantitative estimate of drug-likeness (QED) is 0.528. The molecule has 3 aromatic rings. The van der Waals surface area contributed by atoms with Gasteiger partial charge in [-0.2, -0.15) is 0 Å². The van der Waals surface area contributed by atoms with Crippen molar-refractivity contribution in [3.8, 4) is 0 Å². The van der Waals surface area contributed by atoms with Crippen molar-refractivity contribution in [2.45, 2.75) is 12.8 Å². The molecule has 0 radical (unpaired) electrons. The van der Waals surface area contributed by atoms with Crippen molar-refractivity contribution in [3.05, 3.63) is 59.7 Å². The van der Waals surface area contributed by atoms with Gasteiger partial charge in [0.05, 0.1) is 0 Å².